The van der Waals surface area contributed by atoms with Gasteiger partial charge >= 0.3 is 0 Å². The molecule has 0 bridgehead atoms. The quantitative estimate of drug-likeness (QED) is 0.347. The van der Waals surface area contributed by atoms with Gasteiger partial charge in [0, 0.05) is 0 Å². The van der Waals surface area contributed by atoms with Crippen LogP contribution < -0.4 is 0 Å². The largest absolute Gasteiger partial charge is 0.107 e. The van der Waals surface area contributed by atoms with E-state index >= 15 is 0 Å². The molecule has 5 heavy (non-hydrogen) atoms. The maximum Gasteiger partial charge on any atom is 0.103 e. The van der Waals surface area contributed by atoms with E-state index in [0.29, 0.717) is 0 Å². The lowest BCUT2D eigenvalue weighted by molar-refractivity contribution is 1.74. The van der Waals surface area contributed by atoms with Gasteiger partial charge in [-0.1, -0.05) is 28.7 Å². The summed E-state index contributed by atoms with van der Waals surface area (Å²) in [5.74, 6) is 0. The minimum Gasteiger partial charge on any atom is -0.107 e. The standard InChI is InChI=1S/C3H4ClI/c1-2-3(4)5/h2-3H,1H2. The lowest BCUT2D eigenvalue weighted by Gasteiger charge is -1.78. The van der Waals surface area contributed by atoms with Crippen LogP contribution in [0, 0.1) is 0 Å². The summed E-state index contributed by atoms with van der Waals surface area (Å²) >= 11 is 7.38. The van der Waals surface area contributed by atoms with Crippen LogP contribution in [-0.2, 0) is 0 Å². The van der Waals surface area contributed by atoms with Crippen LogP contribution in [0.1, 0.15) is 0 Å². The van der Waals surface area contributed by atoms with E-state index in [9.17, 15) is 0 Å². The van der Waals surface area contributed by atoms with E-state index in [0.717, 1.165) is 0 Å². The smallest absolute Gasteiger partial charge is 0.103 e. The predicted molar refractivity (Wildman–Crippen MR) is 33.9 cm³/mol. The molecule has 0 heterocycles. The van der Waals surface area contributed by atoms with Crippen molar-refractivity contribution >= 4 is 34.2 Å². The molecule has 0 amide bonds. The molecule has 0 rings (SSSR count). The fourth-order valence-corrected chi connectivity index (χ4v) is 0. The van der Waals surface area contributed by atoms with E-state index in [1.54, 1.807) is 6.08 Å². The molecule has 0 aliphatic heterocycles. The molecule has 0 saturated carbocycles. The van der Waals surface area contributed by atoms with Gasteiger partial charge in [-0.05, 0) is 0 Å². The van der Waals surface area contributed by atoms with Gasteiger partial charge in [0.05, 0.1) is 0 Å². The molecule has 0 aromatic heterocycles. The average molecular weight is 202 g/mol. The van der Waals surface area contributed by atoms with Crippen molar-refractivity contribution in [2.24, 2.45) is 0 Å². The molecule has 0 nitrogen and oxygen atoms in total. The molecular weight excluding hydrogens is 198 g/mol. The third-order valence-corrected chi connectivity index (χ3v) is 0.865. The molecule has 2 heteroatoms. The summed E-state index contributed by atoms with van der Waals surface area (Å²) in [7, 11) is 0. The molecule has 1 unspecified atom stereocenters. The molecule has 0 aromatic carbocycles. The lowest BCUT2D eigenvalue weighted by atomic mass is 10.8. The van der Waals surface area contributed by atoms with Crippen LogP contribution in [0.25, 0.3) is 0 Å². The Labute approximate surface area is 50.3 Å². The summed E-state index contributed by atoms with van der Waals surface area (Å²) in [4.78, 5) is 0. The van der Waals surface area contributed by atoms with Gasteiger partial charge < -0.3 is 0 Å². The third kappa shape index (κ3) is 4.76. The number of hydrogen-bond donors (Lipinski definition) is 0. The zero-order valence-electron chi connectivity index (χ0n) is 2.62. The van der Waals surface area contributed by atoms with Gasteiger partial charge in [-0.15, -0.1) is 18.2 Å². The van der Waals surface area contributed by atoms with Gasteiger partial charge in [0.15, 0.2) is 0 Å². The fraction of sp³-hybridized carbons (Fsp3) is 0.333. The third-order valence-electron chi connectivity index (χ3n) is 0.178. The van der Waals surface area contributed by atoms with Gasteiger partial charge in [0.1, 0.15) is 3.38 Å². The Morgan fingerprint density at radius 2 is 2.20 bits per heavy atom. The SMILES string of the molecule is C=CC(Cl)I. The van der Waals surface area contributed by atoms with Crippen molar-refractivity contribution in [3.63, 3.8) is 0 Å². The molecule has 1 atom stereocenters. The molecule has 30 valence electrons. The summed E-state index contributed by atoms with van der Waals surface area (Å²) in [6.45, 7) is 3.42. The van der Waals surface area contributed by atoms with E-state index in [1.807, 2.05) is 0 Å². The summed E-state index contributed by atoms with van der Waals surface area (Å²) in [5, 5.41) is 0. The number of allylic oxidation sites excluding steroid dienone is 1. The van der Waals surface area contributed by atoms with Gasteiger partial charge in [0.25, 0.3) is 0 Å². The first-order chi connectivity index (χ1) is 2.27. The molecule has 0 aliphatic carbocycles. The number of halogens is 2. The minimum atomic E-state index is 0.0904. The first-order valence-corrected chi connectivity index (χ1v) is 2.86. The zero-order chi connectivity index (χ0) is 4.28. The highest BCUT2D eigenvalue weighted by atomic mass is 127. The number of hydrogen-bond acceptors (Lipinski definition) is 0. The average Bonchev–Trinajstić information content (AvgIpc) is 1.38. The van der Waals surface area contributed by atoms with Crippen LogP contribution in [-0.4, -0.2) is 3.38 Å². The van der Waals surface area contributed by atoms with E-state index in [4.69, 9.17) is 11.6 Å². The van der Waals surface area contributed by atoms with Crippen molar-refractivity contribution in [3.8, 4) is 0 Å². The van der Waals surface area contributed by atoms with E-state index in [2.05, 4.69) is 29.2 Å². The van der Waals surface area contributed by atoms with E-state index in [1.165, 1.54) is 0 Å². The predicted octanol–water partition coefficient (Wildman–Crippen LogP) is 2.17. The molecule has 0 fully saturated rings. The highest BCUT2D eigenvalue weighted by molar-refractivity contribution is 14.1. The van der Waals surface area contributed by atoms with Crippen LogP contribution in [0.3, 0.4) is 0 Å². The van der Waals surface area contributed by atoms with Gasteiger partial charge in [-0.2, -0.15) is 0 Å². The topological polar surface area (TPSA) is 0 Å². The van der Waals surface area contributed by atoms with Gasteiger partial charge in [-0.3, -0.25) is 0 Å². The normalized spacial score (nSPS) is 14.0. The van der Waals surface area contributed by atoms with Crippen LogP contribution >= 0.6 is 34.2 Å². The second-order valence-electron chi connectivity index (χ2n) is 0.570. The number of rotatable bonds is 1. The van der Waals surface area contributed by atoms with E-state index in [-0.39, 0.29) is 3.38 Å². The fourth-order valence-electron chi connectivity index (χ4n) is 0. The Morgan fingerprint density at radius 1 is 2.00 bits per heavy atom. The summed E-state index contributed by atoms with van der Waals surface area (Å²) in [6.07, 6.45) is 1.67. The minimum absolute atomic E-state index is 0.0904. The van der Waals surface area contributed by atoms with E-state index < -0.39 is 0 Å². The van der Waals surface area contributed by atoms with Crippen LogP contribution in [0.15, 0.2) is 12.7 Å². The molecule has 0 spiro atoms. The summed E-state index contributed by atoms with van der Waals surface area (Å²) in [6, 6.07) is 0. The molecule has 0 saturated heterocycles. The Morgan fingerprint density at radius 3 is 2.20 bits per heavy atom. The van der Waals surface area contributed by atoms with Crippen molar-refractivity contribution in [2.45, 2.75) is 3.38 Å². The van der Waals surface area contributed by atoms with Crippen LogP contribution in [0.4, 0.5) is 0 Å². The maximum atomic E-state index is 5.33. The Bertz CT molecular complexity index is 33.9. The highest BCUT2D eigenvalue weighted by Gasteiger charge is 1.80. The zero-order valence-corrected chi connectivity index (χ0v) is 5.53. The number of alkyl halides is 2. The lowest BCUT2D eigenvalue weighted by Crippen LogP contribution is -1.67. The summed E-state index contributed by atoms with van der Waals surface area (Å²) in [5.41, 5.74) is 0. The first kappa shape index (κ1) is 5.76. The van der Waals surface area contributed by atoms with Gasteiger partial charge in [-0.25, -0.2) is 0 Å². The van der Waals surface area contributed by atoms with Gasteiger partial charge in [0.2, 0.25) is 0 Å². The maximum absolute atomic E-state index is 5.33. The Balaban J connectivity index is 2.83. The molecule has 0 radical (unpaired) electrons. The molecule has 0 aromatic rings. The Kier molecular flexibility index (Phi) is 3.42. The van der Waals surface area contributed by atoms with Crippen LogP contribution in [0.2, 0.25) is 0 Å². The first-order valence-electron chi connectivity index (χ1n) is 1.18. The summed E-state index contributed by atoms with van der Waals surface area (Å²) < 4.78 is 0.0904. The molecular formula is C3H4ClI. The van der Waals surface area contributed by atoms with Crippen molar-refractivity contribution < 1.29 is 0 Å². The Hall–Kier alpha value is 0.760. The van der Waals surface area contributed by atoms with Crippen LogP contribution in [0.5, 0.6) is 0 Å². The van der Waals surface area contributed by atoms with Crippen molar-refractivity contribution in [1.29, 1.82) is 0 Å². The second kappa shape index (κ2) is 2.97. The van der Waals surface area contributed by atoms with Crippen molar-refractivity contribution in [1.82, 2.24) is 0 Å². The van der Waals surface area contributed by atoms with Crippen molar-refractivity contribution in [3.05, 3.63) is 12.7 Å². The monoisotopic (exact) mass is 202 g/mol. The molecule has 0 aliphatic rings. The highest BCUT2D eigenvalue weighted by Crippen LogP contribution is 2.03. The molecule has 0 N–H and O–H groups in total. The van der Waals surface area contributed by atoms with Crippen molar-refractivity contribution in [2.75, 3.05) is 0 Å². The second-order valence-corrected chi connectivity index (χ2v) is 3.12.